The molecular formula is C27H32N2O10. The Labute approximate surface area is 223 Å². The maximum absolute atomic E-state index is 13.8. The number of hydrogen-bond donors (Lipinski definition) is 7. The summed E-state index contributed by atoms with van der Waals surface area (Å²) in [5.74, 6) is -9.52. The number of amides is 1. The van der Waals surface area contributed by atoms with Crippen LogP contribution < -0.4 is 5.73 Å². The van der Waals surface area contributed by atoms with E-state index < -0.39 is 87.7 Å². The van der Waals surface area contributed by atoms with E-state index in [1.165, 1.54) is 37.2 Å². The number of fused-ring (bicyclic) bond motifs is 3. The monoisotopic (exact) mass is 544 g/mol. The highest BCUT2D eigenvalue weighted by atomic mass is 16.6. The van der Waals surface area contributed by atoms with Crippen molar-refractivity contribution in [2.45, 2.75) is 43.8 Å². The predicted octanol–water partition coefficient (Wildman–Crippen LogP) is 0.0205. The molecule has 3 aliphatic rings. The zero-order chi connectivity index (χ0) is 29.1. The van der Waals surface area contributed by atoms with Gasteiger partial charge in [-0.25, -0.2) is 0 Å². The number of hydrogen-bond acceptors (Lipinski definition) is 11. The first-order chi connectivity index (χ1) is 18.2. The summed E-state index contributed by atoms with van der Waals surface area (Å²) in [6.45, 7) is 3.56. The van der Waals surface area contributed by atoms with Crippen molar-refractivity contribution >= 4 is 23.5 Å². The van der Waals surface area contributed by atoms with Crippen molar-refractivity contribution in [3.63, 3.8) is 0 Å². The Morgan fingerprint density at radius 2 is 1.87 bits per heavy atom. The highest BCUT2D eigenvalue weighted by Gasteiger charge is 2.67. The molecule has 0 saturated heterocycles. The number of likely N-dealkylation sites (N-methyl/N-ethyl adjacent to an activating group) is 1. The molecule has 12 heteroatoms. The Hall–Kier alpha value is -3.55. The molecule has 1 unspecified atom stereocenters. The number of ether oxygens (including phenoxy) is 1. The Balaban J connectivity index is 1.94. The van der Waals surface area contributed by atoms with Crippen LogP contribution >= 0.6 is 0 Å². The number of aliphatic hydroxyl groups excluding tert-OH is 4. The highest BCUT2D eigenvalue weighted by Crippen LogP contribution is 2.55. The minimum absolute atomic E-state index is 0.143. The van der Waals surface area contributed by atoms with Gasteiger partial charge in [-0.3, -0.25) is 19.3 Å². The van der Waals surface area contributed by atoms with E-state index >= 15 is 0 Å². The number of primary amides is 1. The van der Waals surface area contributed by atoms with Crippen LogP contribution in [0.4, 0.5) is 0 Å². The quantitative estimate of drug-likeness (QED) is 0.187. The molecule has 4 rings (SSSR count). The minimum Gasteiger partial charge on any atom is -0.510 e. The van der Waals surface area contributed by atoms with E-state index in [1.54, 1.807) is 19.9 Å². The summed E-state index contributed by atoms with van der Waals surface area (Å²) >= 11 is 0. The molecule has 0 heterocycles. The third kappa shape index (κ3) is 3.98. The Morgan fingerprint density at radius 3 is 2.44 bits per heavy atom. The van der Waals surface area contributed by atoms with Crippen LogP contribution in [0.2, 0.25) is 0 Å². The van der Waals surface area contributed by atoms with Crippen molar-refractivity contribution < 1.29 is 49.8 Å². The van der Waals surface area contributed by atoms with Crippen molar-refractivity contribution in [3.8, 4) is 5.75 Å². The third-order valence-corrected chi connectivity index (χ3v) is 7.94. The first kappa shape index (κ1) is 28.5. The highest BCUT2D eigenvalue weighted by molar-refractivity contribution is 6.25. The second kappa shape index (κ2) is 9.88. The summed E-state index contributed by atoms with van der Waals surface area (Å²) in [5, 5.41) is 66.3. The van der Waals surface area contributed by atoms with Gasteiger partial charge in [0.2, 0.25) is 5.78 Å². The maximum Gasteiger partial charge on any atom is 0.255 e. The fourth-order valence-electron chi connectivity index (χ4n) is 6.19. The number of rotatable bonds is 6. The van der Waals surface area contributed by atoms with Gasteiger partial charge in [-0.15, -0.1) is 0 Å². The summed E-state index contributed by atoms with van der Waals surface area (Å²) in [7, 11) is 2.94. The number of carbonyl (C=O) groups is 3. The molecule has 1 aromatic rings. The summed E-state index contributed by atoms with van der Waals surface area (Å²) in [6, 6.07) is 1.74. The molecule has 0 aromatic heterocycles. The van der Waals surface area contributed by atoms with Crippen LogP contribution in [-0.2, 0) is 14.3 Å². The fraction of sp³-hybridized carbons (Fsp3) is 0.444. The first-order valence-corrected chi connectivity index (χ1v) is 12.4. The molecule has 0 spiro atoms. The van der Waals surface area contributed by atoms with Gasteiger partial charge in [0, 0.05) is 23.7 Å². The second-order valence-corrected chi connectivity index (χ2v) is 10.2. The van der Waals surface area contributed by atoms with Crippen molar-refractivity contribution in [2.24, 2.45) is 17.6 Å². The van der Waals surface area contributed by atoms with E-state index in [2.05, 4.69) is 0 Å². The van der Waals surface area contributed by atoms with Crippen molar-refractivity contribution in [2.75, 3.05) is 20.7 Å². The Bertz CT molecular complexity index is 1350. The molecule has 8 N–H and O–H groups in total. The summed E-state index contributed by atoms with van der Waals surface area (Å²) < 4.78 is 5.02. The molecule has 1 amide bonds. The third-order valence-electron chi connectivity index (χ3n) is 7.94. The first-order valence-electron chi connectivity index (χ1n) is 12.4. The molecule has 210 valence electrons. The van der Waals surface area contributed by atoms with Crippen molar-refractivity contribution in [1.82, 2.24) is 4.90 Å². The molecule has 7 atom stereocenters. The number of nitrogens with two attached hydrogens (primary N) is 1. The smallest absolute Gasteiger partial charge is 0.255 e. The van der Waals surface area contributed by atoms with Crippen molar-refractivity contribution in [1.29, 1.82) is 0 Å². The standard InChI is InChI=1S/C27H32N2O10/c1-5-39-13(30)9-7-11-6-8-12-10(2)14-16(21(32)15(12)20(11)31)24(35)27(38)18(22(14)33)19(29(3)4)23(34)17(25(27)36)26(28)37/h6-10,13-14,18-19,22,30-31,33-35,38H,5H2,1-4H3,(H2,28,37)/b9-7+/t10-,13?,14+,18+,19-,22-,27-/m0/s1. The molecular weight excluding hydrogens is 512 g/mol. The molecule has 0 saturated carbocycles. The number of aromatic hydroxyl groups is 1. The summed E-state index contributed by atoms with van der Waals surface area (Å²) in [6.07, 6.45) is -0.330. The van der Waals surface area contributed by atoms with Gasteiger partial charge in [0.1, 0.15) is 22.8 Å². The molecule has 0 aliphatic heterocycles. The normalized spacial score (nSPS) is 31.4. The Kier molecular flexibility index (Phi) is 7.21. The van der Waals surface area contributed by atoms with Gasteiger partial charge in [-0.05, 0) is 38.6 Å². The number of ketones is 2. The van der Waals surface area contributed by atoms with Gasteiger partial charge in [-0.1, -0.05) is 25.1 Å². The lowest BCUT2D eigenvalue weighted by Crippen LogP contribution is -2.68. The lowest BCUT2D eigenvalue weighted by molar-refractivity contribution is -0.162. The number of benzene rings is 1. The SMILES string of the molecule is CCOC(O)/C=C/c1ccc2c(c1O)C(=O)C1=C(O)[C@]3(O)C(=O)C(C(N)=O)=C(O)[C@@H](N(C)C)[C@@H]3[C@@H](O)[C@@H]1[C@H]2C. The van der Waals surface area contributed by atoms with E-state index in [-0.39, 0.29) is 17.7 Å². The Morgan fingerprint density at radius 1 is 1.23 bits per heavy atom. The van der Waals surface area contributed by atoms with Crippen LogP contribution in [0.5, 0.6) is 5.75 Å². The van der Waals surface area contributed by atoms with E-state index in [0.717, 1.165) is 0 Å². The minimum atomic E-state index is -2.97. The summed E-state index contributed by atoms with van der Waals surface area (Å²) in [5.41, 5.74) is 1.16. The topological polar surface area (TPSA) is 211 Å². The largest absolute Gasteiger partial charge is 0.510 e. The second-order valence-electron chi connectivity index (χ2n) is 10.2. The van der Waals surface area contributed by atoms with Crippen LogP contribution in [-0.4, -0.2) is 97.8 Å². The summed E-state index contributed by atoms with van der Waals surface area (Å²) in [4.78, 5) is 40.7. The fourth-order valence-corrected chi connectivity index (χ4v) is 6.19. The number of nitrogens with zero attached hydrogens (tertiary/aromatic N) is 1. The van der Waals surface area contributed by atoms with Crippen LogP contribution in [0.1, 0.15) is 41.3 Å². The average molecular weight is 545 g/mol. The number of phenols is 1. The zero-order valence-corrected chi connectivity index (χ0v) is 21.8. The number of Topliss-reactive ketones (excluding diaryl/α,β-unsaturated/α-hetero) is 2. The molecule has 0 bridgehead atoms. The van der Waals surface area contributed by atoms with Crippen LogP contribution in [0.15, 0.2) is 40.9 Å². The van der Waals surface area contributed by atoms with Gasteiger partial charge >= 0.3 is 0 Å². The number of aliphatic hydroxyl groups is 5. The van der Waals surface area contributed by atoms with E-state index in [1.807, 2.05) is 0 Å². The van der Waals surface area contributed by atoms with Crippen LogP contribution in [0.25, 0.3) is 6.08 Å². The average Bonchev–Trinajstić information content (AvgIpc) is 2.85. The van der Waals surface area contributed by atoms with E-state index in [0.29, 0.717) is 5.56 Å². The van der Waals surface area contributed by atoms with Gasteiger partial charge in [-0.2, -0.15) is 0 Å². The number of carbonyl (C=O) groups excluding carboxylic acids is 3. The zero-order valence-electron chi connectivity index (χ0n) is 21.8. The molecule has 0 radical (unpaired) electrons. The van der Waals surface area contributed by atoms with Crippen LogP contribution in [0.3, 0.4) is 0 Å². The van der Waals surface area contributed by atoms with Gasteiger partial charge in [0.15, 0.2) is 17.7 Å². The van der Waals surface area contributed by atoms with E-state index in [9.17, 15) is 45.0 Å². The lowest BCUT2D eigenvalue weighted by atomic mass is 9.55. The molecule has 3 aliphatic carbocycles. The predicted molar refractivity (Wildman–Crippen MR) is 136 cm³/mol. The lowest BCUT2D eigenvalue weighted by Gasteiger charge is -2.53. The van der Waals surface area contributed by atoms with Gasteiger partial charge in [0.05, 0.1) is 23.6 Å². The van der Waals surface area contributed by atoms with Crippen molar-refractivity contribution in [3.05, 3.63) is 57.6 Å². The van der Waals surface area contributed by atoms with Crippen LogP contribution in [0, 0.1) is 11.8 Å². The molecule has 12 nitrogen and oxygen atoms in total. The molecule has 1 aromatic carbocycles. The van der Waals surface area contributed by atoms with Gasteiger partial charge < -0.3 is 41.1 Å². The molecule has 0 fully saturated rings. The van der Waals surface area contributed by atoms with Gasteiger partial charge in [0.25, 0.3) is 5.91 Å². The number of phenolic OH excluding ortho intramolecular Hbond substituents is 1. The van der Waals surface area contributed by atoms with E-state index in [4.69, 9.17) is 10.5 Å². The molecule has 39 heavy (non-hydrogen) atoms. The maximum atomic E-state index is 13.8.